The Kier molecular flexibility index (Phi) is 5.41. The average Bonchev–Trinajstić information content (AvgIpc) is 2.16. The zero-order valence-corrected chi connectivity index (χ0v) is 11.4. The van der Waals surface area contributed by atoms with E-state index in [1.54, 1.807) is 0 Å². The fourth-order valence-corrected chi connectivity index (χ4v) is 2.54. The van der Waals surface area contributed by atoms with Crippen molar-refractivity contribution in [2.45, 2.75) is 26.3 Å². The largest absolute Gasteiger partial charge is 0.370 e. The maximum Gasteiger partial charge on any atom is 0.189 e. The van der Waals surface area contributed by atoms with Crippen molar-refractivity contribution in [1.29, 1.82) is 0 Å². The van der Waals surface area contributed by atoms with Crippen molar-refractivity contribution in [2.24, 2.45) is 10.7 Å². The number of nitrogens with two attached hydrogens (primary N) is 1. The number of aliphatic imine (C=N–C) groups is 1. The normalized spacial score (nSPS) is 19.8. The Morgan fingerprint density at radius 2 is 2.00 bits per heavy atom. The third kappa shape index (κ3) is 6.23. The zero-order valence-electron chi connectivity index (χ0n) is 10.6. The van der Waals surface area contributed by atoms with E-state index in [1.165, 1.54) is 24.6 Å². The lowest BCUT2D eigenvalue weighted by Crippen LogP contribution is -2.45. The maximum atomic E-state index is 5.79. The molecule has 0 aromatic carbocycles. The Bertz CT molecular complexity index is 229. The summed E-state index contributed by atoms with van der Waals surface area (Å²) in [5.41, 5.74) is 5.79. The molecule has 3 N–H and O–H groups in total. The second-order valence-corrected chi connectivity index (χ2v) is 6.32. The molecule has 4 nitrogen and oxygen atoms in total. The summed E-state index contributed by atoms with van der Waals surface area (Å²) in [5.74, 6) is 3.05. The van der Waals surface area contributed by atoms with E-state index in [0.717, 1.165) is 13.1 Å². The zero-order chi connectivity index (χ0) is 12.0. The van der Waals surface area contributed by atoms with Crippen LogP contribution in [-0.4, -0.2) is 54.1 Å². The molecule has 0 radical (unpaired) electrons. The van der Waals surface area contributed by atoms with Gasteiger partial charge in [0.1, 0.15) is 0 Å². The molecule has 0 saturated carbocycles. The Labute approximate surface area is 103 Å². The molecule has 1 aliphatic rings. The van der Waals surface area contributed by atoms with Gasteiger partial charge in [0.15, 0.2) is 5.96 Å². The second-order valence-electron chi connectivity index (χ2n) is 5.10. The third-order valence-corrected chi connectivity index (χ3v) is 3.25. The molecule has 94 valence electrons. The van der Waals surface area contributed by atoms with E-state index in [-0.39, 0.29) is 5.54 Å². The molecule has 1 saturated heterocycles. The summed E-state index contributed by atoms with van der Waals surface area (Å²) >= 11 is 2.03. The van der Waals surface area contributed by atoms with E-state index < -0.39 is 0 Å². The molecule has 0 aliphatic carbocycles. The molecule has 0 bridgehead atoms. The Morgan fingerprint density at radius 3 is 2.56 bits per heavy atom. The van der Waals surface area contributed by atoms with E-state index in [1.807, 2.05) is 11.8 Å². The van der Waals surface area contributed by atoms with E-state index in [4.69, 9.17) is 5.73 Å². The number of hydrogen-bond acceptors (Lipinski definition) is 3. The van der Waals surface area contributed by atoms with Crippen molar-refractivity contribution >= 4 is 17.7 Å². The maximum absolute atomic E-state index is 5.79. The summed E-state index contributed by atoms with van der Waals surface area (Å²) < 4.78 is 0. The third-order valence-electron chi connectivity index (χ3n) is 2.31. The number of thioether (sulfide) groups is 1. The van der Waals surface area contributed by atoms with Gasteiger partial charge in [0.05, 0.1) is 6.54 Å². The van der Waals surface area contributed by atoms with E-state index in [0.29, 0.717) is 5.96 Å². The van der Waals surface area contributed by atoms with Crippen LogP contribution < -0.4 is 11.1 Å². The van der Waals surface area contributed by atoms with Crippen LogP contribution in [0, 0.1) is 0 Å². The number of guanidine groups is 1. The first-order chi connectivity index (χ1) is 7.47. The molecule has 5 heteroatoms. The number of nitrogens with one attached hydrogen (secondary N) is 1. The molecule has 16 heavy (non-hydrogen) atoms. The minimum Gasteiger partial charge on any atom is -0.370 e. The summed E-state index contributed by atoms with van der Waals surface area (Å²) in [5, 5.41) is 3.16. The fourth-order valence-electron chi connectivity index (χ4n) is 1.56. The van der Waals surface area contributed by atoms with Gasteiger partial charge in [0.25, 0.3) is 0 Å². The highest BCUT2D eigenvalue weighted by molar-refractivity contribution is 7.99. The molecular formula is C11H24N4S. The van der Waals surface area contributed by atoms with Crippen molar-refractivity contribution in [1.82, 2.24) is 10.2 Å². The average molecular weight is 244 g/mol. The van der Waals surface area contributed by atoms with Crippen LogP contribution in [0.5, 0.6) is 0 Å². The molecule has 0 unspecified atom stereocenters. The molecule has 1 heterocycles. The molecular weight excluding hydrogens is 220 g/mol. The van der Waals surface area contributed by atoms with Crippen LogP contribution in [0.3, 0.4) is 0 Å². The van der Waals surface area contributed by atoms with Crippen LogP contribution in [0.1, 0.15) is 20.8 Å². The van der Waals surface area contributed by atoms with E-state index in [2.05, 4.69) is 36.0 Å². The van der Waals surface area contributed by atoms with Gasteiger partial charge in [-0.25, -0.2) is 0 Å². The number of nitrogens with zero attached hydrogens (tertiary/aromatic N) is 2. The van der Waals surface area contributed by atoms with Gasteiger partial charge in [-0.3, -0.25) is 9.89 Å². The molecule has 0 aromatic heterocycles. The lowest BCUT2D eigenvalue weighted by atomic mass is 10.1. The molecule has 1 aliphatic heterocycles. The van der Waals surface area contributed by atoms with Crippen molar-refractivity contribution in [2.75, 3.05) is 37.7 Å². The highest BCUT2D eigenvalue weighted by atomic mass is 32.2. The van der Waals surface area contributed by atoms with Gasteiger partial charge in [-0.1, -0.05) is 0 Å². The van der Waals surface area contributed by atoms with Crippen molar-refractivity contribution < 1.29 is 0 Å². The first-order valence-corrected chi connectivity index (χ1v) is 7.01. The van der Waals surface area contributed by atoms with Crippen LogP contribution in [0.25, 0.3) is 0 Å². The highest BCUT2D eigenvalue weighted by Gasteiger charge is 2.11. The molecule has 1 fully saturated rings. The quantitative estimate of drug-likeness (QED) is 0.568. The van der Waals surface area contributed by atoms with Gasteiger partial charge in [-0.15, -0.1) is 0 Å². The van der Waals surface area contributed by atoms with Gasteiger partial charge in [-0.2, -0.15) is 11.8 Å². The van der Waals surface area contributed by atoms with Gasteiger partial charge >= 0.3 is 0 Å². The molecule has 0 aromatic rings. The van der Waals surface area contributed by atoms with Gasteiger partial charge in [-0.05, 0) is 20.8 Å². The SMILES string of the molecule is CC(C)(C)NC(N)=NCCN1CCSCC1. The summed E-state index contributed by atoms with van der Waals surface area (Å²) in [7, 11) is 0. The standard InChI is InChI=1S/C11H24N4S/c1-11(2,3)14-10(12)13-4-5-15-6-8-16-9-7-15/h4-9H2,1-3H3,(H3,12,13,14). The van der Waals surface area contributed by atoms with Crippen molar-refractivity contribution in [3.05, 3.63) is 0 Å². The summed E-state index contributed by atoms with van der Waals surface area (Å²) in [4.78, 5) is 6.79. The van der Waals surface area contributed by atoms with Crippen molar-refractivity contribution in [3.8, 4) is 0 Å². The second kappa shape index (κ2) is 6.35. The van der Waals surface area contributed by atoms with Crippen LogP contribution in [0.4, 0.5) is 0 Å². The van der Waals surface area contributed by atoms with Crippen LogP contribution in [0.2, 0.25) is 0 Å². The lowest BCUT2D eigenvalue weighted by molar-refractivity contribution is 0.311. The van der Waals surface area contributed by atoms with Gasteiger partial charge in [0, 0.05) is 36.7 Å². The fraction of sp³-hybridized carbons (Fsp3) is 0.909. The van der Waals surface area contributed by atoms with Crippen molar-refractivity contribution in [3.63, 3.8) is 0 Å². The van der Waals surface area contributed by atoms with Crippen LogP contribution >= 0.6 is 11.8 Å². The highest BCUT2D eigenvalue weighted by Crippen LogP contribution is 2.08. The Hall–Kier alpha value is -0.420. The first-order valence-electron chi connectivity index (χ1n) is 5.85. The van der Waals surface area contributed by atoms with Gasteiger partial charge < -0.3 is 11.1 Å². The predicted octanol–water partition coefficient (Wildman–Crippen LogP) is 0.738. The minimum atomic E-state index is -0.00462. The molecule has 0 spiro atoms. The smallest absolute Gasteiger partial charge is 0.189 e. The predicted molar refractivity (Wildman–Crippen MR) is 73.1 cm³/mol. The Morgan fingerprint density at radius 1 is 1.38 bits per heavy atom. The number of rotatable bonds is 3. The van der Waals surface area contributed by atoms with E-state index >= 15 is 0 Å². The summed E-state index contributed by atoms with van der Waals surface area (Å²) in [6.07, 6.45) is 0. The molecule has 1 rings (SSSR count). The summed E-state index contributed by atoms with van der Waals surface area (Å²) in [6.45, 7) is 10.4. The molecule has 0 amide bonds. The van der Waals surface area contributed by atoms with Crippen LogP contribution in [-0.2, 0) is 0 Å². The lowest BCUT2D eigenvalue weighted by Gasteiger charge is -2.25. The molecule has 0 atom stereocenters. The monoisotopic (exact) mass is 244 g/mol. The topological polar surface area (TPSA) is 53.6 Å². The van der Waals surface area contributed by atoms with Gasteiger partial charge in [0.2, 0.25) is 0 Å². The van der Waals surface area contributed by atoms with Crippen LogP contribution in [0.15, 0.2) is 4.99 Å². The summed E-state index contributed by atoms with van der Waals surface area (Å²) in [6, 6.07) is 0. The minimum absolute atomic E-state index is 0.00462. The first kappa shape index (κ1) is 13.6. The van der Waals surface area contributed by atoms with E-state index in [9.17, 15) is 0 Å². The Balaban J connectivity index is 2.19. The number of hydrogen-bond donors (Lipinski definition) is 2.